The summed E-state index contributed by atoms with van der Waals surface area (Å²) in [4.78, 5) is 16.9. The molecule has 0 fully saturated rings. The number of rotatable bonds is 5. The van der Waals surface area contributed by atoms with E-state index < -0.39 is 0 Å². The maximum Gasteiger partial charge on any atom is 0.269 e. The number of amides is 1. The number of halogens is 1. The molecule has 0 aliphatic carbocycles. The number of nitrogens with zero attached hydrogens (tertiary/aromatic N) is 1. The van der Waals surface area contributed by atoms with E-state index in [0.29, 0.717) is 10.0 Å². The quantitative estimate of drug-likeness (QED) is 0.748. The van der Waals surface area contributed by atoms with Crippen LogP contribution in [0.5, 0.6) is 0 Å². The fourth-order valence-electron chi connectivity index (χ4n) is 1.80. The predicted octanol–water partition coefficient (Wildman–Crippen LogP) is 3.87. The Morgan fingerprint density at radius 1 is 1.43 bits per heavy atom. The first kappa shape index (κ1) is 15.8. The number of carbonyl (C=O) groups excluding carboxylic acids is 1. The van der Waals surface area contributed by atoms with Gasteiger partial charge in [0.05, 0.1) is 0 Å². The topological polar surface area (TPSA) is 80.0 Å². The molecule has 1 aromatic heterocycles. The van der Waals surface area contributed by atoms with Crippen LogP contribution in [0.2, 0.25) is 0 Å². The zero-order valence-corrected chi connectivity index (χ0v) is 14.3. The standard InChI is InChI=1S/C14H17BrN4OS/c1-3-4-17-14-19-12(16)11(21-14)13(20)18-10-6-8(2)5-9(15)7-10/h5-7H,3-4,16H2,1-2H3,(H,17,19)(H,18,20). The van der Waals surface area contributed by atoms with Gasteiger partial charge in [0.25, 0.3) is 5.91 Å². The van der Waals surface area contributed by atoms with E-state index in [-0.39, 0.29) is 11.7 Å². The van der Waals surface area contributed by atoms with Gasteiger partial charge in [-0.15, -0.1) is 0 Å². The number of nitrogens with one attached hydrogen (secondary N) is 2. The van der Waals surface area contributed by atoms with Crippen molar-refractivity contribution in [2.75, 3.05) is 22.9 Å². The molecule has 4 N–H and O–H groups in total. The monoisotopic (exact) mass is 368 g/mol. The summed E-state index contributed by atoms with van der Waals surface area (Å²) in [6.45, 7) is 4.83. The van der Waals surface area contributed by atoms with Crippen molar-refractivity contribution >= 4 is 49.8 Å². The van der Waals surface area contributed by atoms with Gasteiger partial charge in [-0.25, -0.2) is 4.98 Å². The Labute approximate surface area is 136 Å². The third kappa shape index (κ3) is 4.18. The molecule has 2 rings (SSSR count). The van der Waals surface area contributed by atoms with E-state index >= 15 is 0 Å². The third-order valence-electron chi connectivity index (χ3n) is 2.69. The van der Waals surface area contributed by atoms with Gasteiger partial charge in [0.2, 0.25) is 0 Å². The molecule has 0 unspecified atom stereocenters. The summed E-state index contributed by atoms with van der Waals surface area (Å²) in [7, 11) is 0. The van der Waals surface area contributed by atoms with E-state index in [1.54, 1.807) is 0 Å². The Bertz CT molecular complexity index is 636. The summed E-state index contributed by atoms with van der Waals surface area (Å²) in [5.74, 6) is 0.00914. The largest absolute Gasteiger partial charge is 0.382 e. The van der Waals surface area contributed by atoms with Gasteiger partial charge in [0, 0.05) is 16.7 Å². The molecule has 1 aromatic carbocycles. The molecule has 21 heavy (non-hydrogen) atoms. The van der Waals surface area contributed by atoms with Crippen LogP contribution in [0.3, 0.4) is 0 Å². The first-order valence-electron chi connectivity index (χ1n) is 6.58. The summed E-state index contributed by atoms with van der Waals surface area (Å²) in [5.41, 5.74) is 7.60. The first-order chi connectivity index (χ1) is 9.99. The second kappa shape index (κ2) is 6.91. The van der Waals surface area contributed by atoms with Gasteiger partial charge in [0.1, 0.15) is 10.7 Å². The fraction of sp³-hybridized carbons (Fsp3) is 0.286. The van der Waals surface area contributed by atoms with Crippen molar-refractivity contribution in [2.24, 2.45) is 0 Å². The van der Waals surface area contributed by atoms with Gasteiger partial charge in [0.15, 0.2) is 5.13 Å². The van der Waals surface area contributed by atoms with Gasteiger partial charge in [-0.05, 0) is 37.1 Å². The Hall–Kier alpha value is -1.60. The lowest BCUT2D eigenvalue weighted by Gasteiger charge is -2.06. The maximum atomic E-state index is 12.3. The number of hydrogen-bond donors (Lipinski definition) is 3. The summed E-state index contributed by atoms with van der Waals surface area (Å²) in [5, 5.41) is 6.65. The van der Waals surface area contributed by atoms with Gasteiger partial charge in [-0.1, -0.05) is 34.2 Å². The highest BCUT2D eigenvalue weighted by Crippen LogP contribution is 2.26. The van der Waals surface area contributed by atoms with Crippen molar-refractivity contribution in [1.29, 1.82) is 0 Å². The number of aromatic nitrogens is 1. The van der Waals surface area contributed by atoms with Crippen molar-refractivity contribution < 1.29 is 4.79 Å². The summed E-state index contributed by atoms with van der Waals surface area (Å²) in [6, 6.07) is 5.72. The van der Waals surface area contributed by atoms with Crippen LogP contribution in [0.4, 0.5) is 16.6 Å². The Kier molecular flexibility index (Phi) is 5.19. The molecule has 1 amide bonds. The molecule has 112 valence electrons. The normalized spacial score (nSPS) is 10.4. The van der Waals surface area contributed by atoms with Crippen LogP contribution in [0, 0.1) is 6.92 Å². The average Bonchev–Trinajstić information content (AvgIpc) is 2.76. The van der Waals surface area contributed by atoms with Crippen LogP contribution in [0.1, 0.15) is 28.6 Å². The van der Waals surface area contributed by atoms with Crippen LogP contribution in [0.15, 0.2) is 22.7 Å². The minimum absolute atomic E-state index is 0.243. The minimum Gasteiger partial charge on any atom is -0.382 e. The molecule has 0 bridgehead atoms. The highest BCUT2D eigenvalue weighted by atomic mass is 79.9. The molecule has 5 nitrogen and oxygen atoms in total. The molecule has 0 radical (unpaired) electrons. The predicted molar refractivity (Wildman–Crippen MR) is 92.1 cm³/mol. The number of benzene rings is 1. The van der Waals surface area contributed by atoms with Gasteiger partial charge < -0.3 is 16.4 Å². The van der Waals surface area contributed by atoms with Crippen LogP contribution < -0.4 is 16.4 Å². The van der Waals surface area contributed by atoms with Crippen LogP contribution in [-0.2, 0) is 0 Å². The SMILES string of the molecule is CCCNc1nc(N)c(C(=O)Nc2cc(C)cc(Br)c2)s1. The molecule has 2 aromatic rings. The molecule has 0 aliphatic rings. The summed E-state index contributed by atoms with van der Waals surface area (Å²) < 4.78 is 0.917. The Morgan fingerprint density at radius 2 is 2.19 bits per heavy atom. The van der Waals surface area contributed by atoms with Crippen molar-refractivity contribution in [3.63, 3.8) is 0 Å². The molecular formula is C14H17BrN4OS. The van der Waals surface area contributed by atoms with Crippen molar-refractivity contribution in [3.8, 4) is 0 Å². The maximum absolute atomic E-state index is 12.3. The van der Waals surface area contributed by atoms with Crippen LogP contribution >= 0.6 is 27.3 Å². The average molecular weight is 369 g/mol. The lowest BCUT2D eigenvalue weighted by atomic mass is 10.2. The highest BCUT2D eigenvalue weighted by molar-refractivity contribution is 9.10. The second-order valence-electron chi connectivity index (χ2n) is 4.63. The lowest BCUT2D eigenvalue weighted by molar-refractivity contribution is 0.103. The molecule has 1 heterocycles. The first-order valence-corrected chi connectivity index (χ1v) is 8.19. The Morgan fingerprint density at radius 3 is 2.86 bits per heavy atom. The third-order valence-corrected chi connectivity index (χ3v) is 4.17. The summed E-state index contributed by atoms with van der Waals surface area (Å²) in [6.07, 6.45) is 0.984. The number of thiazole rings is 1. The van der Waals surface area contributed by atoms with Gasteiger partial charge in [-0.3, -0.25) is 4.79 Å². The van der Waals surface area contributed by atoms with Gasteiger partial charge >= 0.3 is 0 Å². The van der Waals surface area contributed by atoms with E-state index in [4.69, 9.17) is 5.73 Å². The number of aryl methyl sites for hydroxylation is 1. The number of carbonyl (C=O) groups is 1. The minimum atomic E-state index is -0.243. The zero-order chi connectivity index (χ0) is 15.4. The highest BCUT2D eigenvalue weighted by Gasteiger charge is 2.16. The Balaban J connectivity index is 2.14. The number of hydrogen-bond acceptors (Lipinski definition) is 5. The van der Waals surface area contributed by atoms with Crippen LogP contribution in [-0.4, -0.2) is 17.4 Å². The molecule has 0 aliphatic heterocycles. The molecule has 0 saturated carbocycles. The van der Waals surface area contributed by atoms with Gasteiger partial charge in [-0.2, -0.15) is 0 Å². The van der Waals surface area contributed by atoms with E-state index in [0.717, 1.165) is 28.7 Å². The van der Waals surface area contributed by atoms with Crippen molar-refractivity contribution in [1.82, 2.24) is 4.98 Å². The number of anilines is 3. The number of nitrogen functional groups attached to an aromatic ring is 1. The summed E-state index contributed by atoms with van der Waals surface area (Å²) >= 11 is 4.67. The van der Waals surface area contributed by atoms with E-state index in [1.807, 2.05) is 25.1 Å². The lowest BCUT2D eigenvalue weighted by Crippen LogP contribution is -2.12. The van der Waals surface area contributed by atoms with E-state index in [1.165, 1.54) is 11.3 Å². The second-order valence-corrected chi connectivity index (χ2v) is 6.55. The fourth-order valence-corrected chi connectivity index (χ4v) is 3.21. The molecule has 0 saturated heterocycles. The number of nitrogens with two attached hydrogens (primary N) is 1. The molecule has 7 heteroatoms. The van der Waals surface area contributed by atoms with Crippen LogP contribution in [0.25, 0.3) is 0 Å². The molecule has 0 atom stereocenters. The molecular weight excluding hydrogens is 352 g/mol. The molecule has 0 spiro atoms. The zero-order valence-electron chi connectivity index (χ0n) is 11.9. The van der Waals surface area contributed by atoms with E-state index in [2.05, 4.69) is 38.5 Å². The smallest absolute Gasteiger partial charge is 0.269 e. The van der Waals surface area contributed by atoms with Crippen molar-refractivity contribution in [3.05, 3.63) is 33.1 Å². The van der Waals surface area contributed by atoms with Crippen molar-refractivity contribution in [2.45, 2.75) is 20.3 Å². The van der Waals surface area contributed by atoms with E-state index in [9.17, 15) is 4.79 Å².